The minimum absolute atomic E-state index is 0.121. The molecule has 0 aliphatic carbocycles. The highest BCUT2D eigenvalue weighted by atomic mass is 19.1. The average molecular weight is 351 g/mol. The number of amidine groups is 1. The largest absolute Gasteiger partial charge is 0.368 e. The maximum atomic E-state index is 14.0. The van der Waals surface area contributed by atoms with Gasteiger partial charge in [0.1, 0.15) is 17.7 Å². The second-order valence-corrected chi connectivity index (χ2v) is 6.65. The first-order valence-corrected chi connectivity index (χ1v) is 8.61. The van der Waals surface area contributed by atoms with E-state index in [9.17, 15) is 4.39 Å². The van der Waals surface area contributed by atoms with Crippen LogP contribution in [-0.2, 0) is 13.1 Å². The molecule has 132 valence electrons. The zero-order chi connectivity index (χ0) is 17.7. The highest BCUT2D eigenvalue weighted by molar-refractivity contribution is 6.14. The summed E-state index contributed by atoms with van der Waals surface area (Å²) in [7, 11) is 0. The molecule has 7 nitrogen and oxygen atoms in total. The van der Waals surface area contributed by atoms with E-state index in [1.54, 1.807) is 11.1 Å². The average Bonchev–Trinajstić information content (AvgIpc) is 3.25. The van der Waals surface area contributed by atoms with Crippen LogP contribution in [0, 0.1) is 5.82 Å². The Balaban J connectivity index is 1.31. The van der Waals surface area contributed by atoms with E-state index in [1.807, 2.05) is 18.3 Å². The number of benzene rings is 1. The van der Waals surface area contributed by atoms with Gasteiger partial charge in [0, 0.05) is 31.4 Å². The number of rotatable bonds is 3. The zero-order valence-corrected chi connectivity index (χ0v) is 14.1. The molecular weight excluding hydrogens is 333 g/mol. The lowest BCUT2D eigenvalue weighted by atomic mass is 10.1. The Hall–Kier alpha value is -2.84. The number of hydrogen-bond donors (Lipinski definition) is 2. The lowest BCUT2D eigenvalue weighted by Crippen LogP contribution is -2.50. The van der Waals surface area contributed by atoms with Gasteiger partial charge in [0.15, 0.2) is 5.84 Å². The fourth-order valence-corrected chi connectivity index (χ4v) is 3.64. The number of aromatic nitrogens is 1. The van der Waals surface area contributed by atoms with Crippen molar-refractivity contribution in [2.24, 2.45) is 15.7 Å². The van der Waals surface area contributed by atoms with Crippen LogP contribution in [0.15, 0.2) is 46.5 Å². The first kappa shape index (κ1) is 15.4. The molecule has 0 spiro atoms. The molecule has 26 heavy (non-hydrogen) atoms. The normalized spacial score (nSPS) is 21.1. The summed E-state index contributed by atoms with van der Waals surface area (Å²) in [5.74, 6) is 0.448. The van der Waals surface area contributed by atoms with Gasteiger partial charge in [0.2, 0.25) is 5.96 Å². The van der Waals surface area contributed by atoms with Crippen LogP contribution in [-0.4, -0.2) is 39.4 Å². The van der Waals surface area contributed by atoms with E-state index in [2.05, 4.69) is 26.4 Å². The van der Waals surface area contributed by atoms with Crippen LogP contribution in [0.3, 0.4) is 0 Å². The van der Waals surface area contributed by atoms with Gasteiger partial charge >= 0.3 is 0 Å². The van der Waals surface area contributed by atoms with Crippen molar-refractivity contribution in [1.82, 2.24) is 20.3 Å². The van der Waals surface area contributed by atoms with Crippen LogP contribution in [0.5, 0.6) is 0 Å². The van der Waals surface area contributed by atoms with Crippen LogP contribution in [0.4, 0.5) is 10.1 Å². The van der Waals surface area contributed by atoms with Crippen LogP contribution in [0.1, 0.15) is 23.2 Å². The van der Waals surface area contributed by atoms with Gasteiger partial charge in [0.05, 0.1) is 5.69 Å². The van der Waals surface area contributed by atoms with Gasteiger partial charge < -0.3 is 5.73 Å². The molecule has 8 heteroatoms. The highest BCUT2D eigenvalue weighted by Crippen LogP contribution is 2.30. The Labute approximate surface area is 150 Å². The van der Waals surface area contributed by atoms with Crippen molar-refractivity contribution < 1.29 is 4.39 Å². The molecule has 3 aliphatic heterocycles. The Kier molecular flexibility index (Phi) is 3.47. The summed E-state index contributed by atoms with van der Waals surface area (Å²) >= 11 is 0. The quantitative estimate of drug-likeness (QED) is 0.875. The summed E-state index contributed by atoms with van der Waals surface area (Å²) in [5.41, 5.74) is 12.6. The maximum Gasteiger partial charge on any atom is 0.217 e. The smallest absolute Gasteiger partial charge is 0.217 e. The molecule has 0 bridgehead atoms. The van der Waals surface area contributed by atoms with E-state index >= 15 is 0 Å². The second-order valence-electron chi connectivity index (χ2n) is 6.65. The van der Waals surface area contributed by atoms with Gasteiger partial charge in [-0.15, -0.1) is 0 Å². The molecule has 3 N–H and O–H groups in total. The fraction of sp³-hybridized carbons (Fsp3) is 0.278. The summed E-state index contributed by atoms with van der Waals surface area (Å²) in [5, 5.41) is 1.65. The van der Waals surface area contributed by atoms with E-state index in [4.69, 9.17) is 10.7 Å². The Morgan fingerprint density at radius 1 is 1.23 bits per heavy atom. The summed E-state index contributed by atoms with van der Waals surface area (Å²) in [6.45, 7) is 2.65. The predicted molar refractivity (Wildman–Crippen MR) is 96.0 cm³/mol. The lowest BCUT2D eigenvalue weighted by molar-refractivity contribution is 0.256. The molecule has 3 aliphatic rings. The molecule has 4 heterocycles. The summed E-state index contributed by atoms with van der Waals surface area (Å²) in [4.78, 5) is 15.7. The summed E-state index contributed by atoms with van der Waals surface area (Å²) in [6, 6.07) is 8.95. The van der Waals surface area contributed by atoms with Crippen LogP contribution < -0.4 is 11.2 Å². The number of guanidine groups is 1. The molecular formula is C18H18FN7. The molecule has 5 rings (SSSR count). The minimum Gasteiger partial charge on any atom is -0.368 e. The van der Waals surface area contributed by atoms with E-state index < -0.39 is 5.82 Å². The summed E-state index contributed by atoms with van der Waals surface area (Å²) < 4.78 is 14.0. The number of pyridine rings is 1. The van der Waals surface area contributed by atoms with E-state index in [1.165, 1.54) is 11.6 Å². The molecule has 1 atom stereocenters. The molecule has 0 saturated heterocycles. The molecule has 1 aromatic heterocycles. The molecule has 1 unspecified atom stereocenters. The number of fused-ring (bicyclic) bond motifs is 4. The number of aliphatic imine (C=N–C) groups is 2. The summed E-state index contributed by atoms with van der Waals surface area (Å²) in [6.07, 6.45) is 2.53. The van der Waals surface area contributed by atoms with Crippen molar-refractivity contribution in [3.8, 4) is 0 Å². The Bertz CT molecular complexity index is 914. The minimum atomic E-state index is -0.390. The van der Waals surface area contributed by atoms with Gasteiger partial charge in [0.25, 0.3) is 0 Å². The van der Waals surface area contributed by atoms with E-state index in [0.717, 1.165) is 31.7 Å². The molecule has 0 saturated carbocycles. The van der Waals surface area contributed by atoms with Crippen molar-refractivity contribution >= 4 is 17.5 Å². The van der Waals surface area contributed by atoms with Crippen LogP contribution >= 0.6 is 0 Å². The standard InChI is InChI=1S/C18H18FN7/c19-13-5-1-4-12-16(13)23-18(20)26-17(12)22-15(24-26)6-8-25-9-11-3-2-7-21-14(11)10-25/h1-5,7,15,24H,6,8-10H2,(H2,20,23). The first-order valence-electron chi connectivity index (χ1n) is 8.61. The van der Waals surface area contributed by atoms with Gasteiger partial charge in [-0.3, -0.25) is 9.88 Å². The van der Waals surface area contributed by atoms with Crippen molar-refractivity contribution in [2.75, 3.05) is 6.54 Å². The van der Waals surface area contributed by atoms with Crippen molar-refractivity contribution in [2.45, 2.75) is 25.7 Å². The number of hydrazine groups is 1. The Morgan fingerprint density at radius 3 is 3.04 bits per heavy atom. The number of hydrogen-bond acceptors (Lipinski definition) is 7. The number of para-hydroxylation sites is 1. The molecule has 0 amide bonds. The van der Waals surface area contributed by atoms with Crippen molar-refractivity contribution in [1.29, 1.82) is 0 Å². The predicted octanol–water partition coefficient (Wildman–Crippen LogP) is 1.48. The third-order valence-electron chi connectivity index (χ3n) is 4.92. The van der Waals surface area contributed by atoms with Crippen molar-refractivity contribution in [3.63, 3.8) is 0 Å². The van der Waals surface area contributed by atoms with Gasteiger partial charge in [-0.2, -0.15) is 0 Å². The van der Waals surface area contributed by atoms with E-state index in [0.29, 0.717) is 11.4 Å². The van der Waals surface area contributed by atoms with Gasteiger partial charge in [-0.05, 0) is 30.2 Å². The van der Waals surface area contributed by atoms with E-state index in [-0.39, 0.29) is 17.8 Å². The monoisotopic (exact) mass is 351 g/mol. The molecule has 0 radical (unpaired) electrons. The van der Waals surface area contributed by atoms with Gasteiger partial charge in [-0.25, -0.2) is 24.8 Å². The number of nitrogens with two attached hydrogens (primary N) is 1. The first-order chi connectivity index (χ1) is 12.7. The highest BCUT2D eigenvalue weighted by Gasteiger charge is 2.34. The zero-order valence-electron chi connectivity index (χ0n) is 14.1. The maximum absolute atomic E-state index is 14.0. The van der Waals surface area contributed by atoms with Crippen molar-refractivity contribution in [3.05, 3.63) is 59.2 Å². The number of halogens is 1. The number of nitrogens with zero attached hydrogens (tertiary/aromatic N) is 5. The van der Waals surface area contributed by atoms with Crippen LogP contribution in [0.2, 0.25) is 0 Å². The molecule has 1 aromatic carbocycles. The van der Waals surface area contributed by atoms with Gasteiger partial charge in [-0.1, -0.05) is 12.1 Å². The Morgan fingerprint density at radius 2 is 2.15 bits per heavy atom. The SMILES string of the molecule is NC1=Nc2c(F)cccc2C2=NC(CCN3Cc4cccnc4C3)NN12. The molecule has 0 fully saturated rings. The molecule has 2 aromatic rings. The third-order valence-corrected chi connectivity index (χ3v) is 4.92. The van der Waals surface area contributed by atoms with Crippen LogP contribution in [0.25, 0.3) is 0 Å². The number of nitrogens with one attached hydrogen (secondary N) is 1. The topological polar surface area (TPSA) is 82.1 Å². The third kappa shape index (κ3) is 2.46. The second kappa shape index (κ2) is 5.86. The lowest BCUT2D eigenvalue weighted by Gasteiger charge is -2.25. The fourth-order valence-electron chi connectivity index (χ4n) is 3.64.